The molecule has 2 rings (SSSR count). The maximum Gasteiger partial charge on any atom is 0.257 e. The van der Waals surface area contributed by atoms with Crippen molar-refractivity contribution in [3.63, 3.8) is 0 Å². The van der Waals surface area contributed by atoms with E-state index in [1.807, 2.05) is 6.92 Å². The van der Waals surface area contributed by atoms with Crippen molar-refractivity contribution in [2.75, 3.05) is 40.4 Å². The number of halogens is 1. The van der Waals surface area contributed by atoms with Gasteiger partial charge in [-0.3, -0.25) is 9.59 Å². The molecule has 0 aliphatic carbocycles. The van der Waals surface area contributed by atoms with Crippen molar-refractivity contribution in [2.45, 2.75) is 25.8 Å². The molecule has 2 amide bonds. The molecule has 1 fully saturated rings. The van der Waals surface area contributed by atoms with Crippen LogP contribution in [-0.4, -0.2) is 68.1 Å². The highest BCUT2D eigenvalue weighted by Crippen LogP contribution is 2.26. The Kier molecular flexibility index (Phi) is 8.68. The highest BCUT2D eigenvalue weighted by Gasteiger charge is 2.26. The monoisotopic (exact) mass is 385 g/mol. The lowest BCUT2D eigenvalue weighted by Crippen LogP contribution is -2.50. The number of nitrogens with zero attached hydrogens (tertiary/aromatic N) is 2. The van der Waals surface area contributed by atoms with Crippen molar-refractivity contribution in [3.05, 3.63) is 23.8 Å². The Balaban J connectivity index is 0.00000338. The summed E-state index contributed by atoms with van der Waals surface area (Å²) < 4.78 is 10.5. The molecule has 1 atom stereocenters. The smallest absolute Gasteiger partial charge is 0.257 e. The molecular formula is C18H28ClN3O4. The second kappa shape index (κ2) is 10.2. The molecular weight excluding hydrogens is 358 g/mol. The summed E-state index contributed by atoms with van der Waals surface area (Å²) in [4.78, 5) is 28.5. The first-order chi connectivity index (χ1) is 12.0. The fourth-order valence-electron chi connectivity index (χ4n) is 2.81. The molecule has 0 radical (unpaired) electrons. The Hall–Kier alpha value is -1.99. The van der Waals surface area contributed by atoms with Gasteiger partial charge in [0, 0.05) is 44.7 Å². The van der Waals surface area contributed by atoms with Crippen LogP contribution in [-0.2, 0) is 4.79 Å². The van der Waals surface area contributed by atoms with Crippen LogP contribution in [0.15, 0.2) is 18.2 Å². The fourth-order valence-corrected chi connectivity index (χ4v) is 2.81. The van der Waals surface area contributed by atoms with Gasteiger partial charge in [-0.15, -0.1) is 12.4 Å². The Labute approximate surface area is 160 Å². The van der Waals surface area contributed by atoms with Gasteiger partial charge in [0.15, 0.2) is 0 Å². The topological polar surface area (TPSA) is 85.1 Å². The van der Waals surface area contributed by atoms with Crippen LogP contribution in [0, 0.1) is 0 Å². The summed E-state index contributed by atoms with van der Waals surface area (Å²) in [6, 6.07) is 5.17. The standard InChI is InChI=1S/C18H27N3O4.ClH/c1-13(19)4-7-17(22)20-8-10-21(11-9-20)18(23)15-6-5-14(24-2)12-16(15)25-3;/h5-6,12-13H,4,7-11,19H2,1-3H3;1H. The van der Waals surface area contributed by atoms with Gasteiger partial charge >= 0.3 is 0 Å². The van der Waals surface area contributed by atoms with Gasteiger partial charge in [-0.05, 0) is 25.5 Å². The molecule has 1 aromatic carbocycles. The first kappa shape index (κ1) is 22.1. The zero-order chi connectivity index (χ0) is 18.4. The summed E-state index contributed by atoms with van der Waals surface area (Å²) in [6.07, 6.45) is 1.14. The number of benzene rings is 1. The summed E-state index contributed by atoms with van der Waals surface area (Å²) in [6.45, 7) is 4.01. The number of carbonyl (C=O) groups excluding carboxylic acids is 2. The van der Waals surface area contributed by atoms with Gasteiger partial charge in [-0.1, -0.05) is 0 Å². The lowest BCUT2D eigenvalue weighted by atomic mass is 10.1. The maximum atomic E-state index is 12.8. The van der Waals surface area contributed by atoms with Crippen molar-refractivity contribution in [3.8, 4) is 11.5 Å². The van der Waals surface area contributed by atoms with Crippen LogP contribution >= 0.6 is 12.4 Å². The zero-order valence-corrected chi connectivity index (χ0v) is 16.4. The molecule has 7 nitrogen and oxygen atoms in total. The second-order valence-electron chi connectivity index (χ2n) is 6.26. The molecule has 26 heavy (non-hydrogen) atoms. The Bertz CT molecular complexity index is 616. The van der Waals surface area contributed by atoms with Crippen molar-refractivity contribution < 1.29 is 19.1 Å². The number of hydrogen-bond donors (Lipinski definition) is 1. The molecule has 1 aliphatic heterocycles. The van der Waals surface area contributed by atoms with E-state index in [4.69, 9.17) is 15.2 Å². The quantitative estimate of drug-likeness (QED) is 0.802. The summed E-state index contributed by atoms with van der Waals surface area (Å²) >= 11 is 0. The minimum atomic E-state index is -0.0952. The van der Waals surface area contributed by atoms with E-state index in [0.29, 0.717) is 56.1 Å². The third-order valence-corrected chi connectivity index (χ3v) is 4.37. The summed E-state index contributed by atoms with van der Waals surface area (Å²) in [7, 11) is 3.10. The Morgan fingerprint density at radius 2 is 1.73 bits per heavy atom. The second-order valence-corrected chi connectivity index (χ2v) is 6.26. The van der Waals surface area contributed by atoms with E-state index in [-0.39, 0.29) is 30.3 Å². The first-order valence-corrected chi connectivity index (χ1v) is 8.51. The Morgan fingerprint density at radius 1 is 1.12 bits per heavy atom. The molecule has 1 saturated heterocycles. The average Bonchev–Trinajstić information content (AvgIpc) is 2.65. The molecule has 2 N–H and O–H groups in total. The van der Waals surface area contributed by atoms with E-state index < -0.39 is 0 Å². The summed E-state index contributed by atoms with van der Waals surface area (Å²) in [5.74, 6) is 1.13. The highest BCUT2D eigenvalue weighted by molar-refractivity contribution is 5.97. The van der Waals surface area contributed by atoms with Gasteiger partial charge in [0.25, 0.3) is 5.91 Å². The predicted molar refractivity (Wildman–Crippen MR) is 102 cm³/mol. The molecule has 1 aromatic rings. The number of hydrogen-bond acceptors (Lipinski definition) is 5. The van der Waals surface area contributed by atoms with E-state index in [2.05, 4.69) is 0 Å². The van der Waals surface area contributed by atoms with Gasteiger partial charge in [-0.2, -0.15) is 0 Å². The SMILES string of the molecule is COc1ccc(C(=O)N2CCN(C(=O)CCC(C)N)CC2)c(OC)c1.Cl. The maximum absolute atomic E-state index is 12.8. The fraction of sp³-hybridized carbons (Fsp3) is 0.556. The van der Waals surface area contributed by atoms with Crippen molar-refractivity contribution in [1.29, 1.82) is 0 Å². The molecule has 0 saturated carbocycles. The third kappa shape index (κ3) is 5.51. The van der Waals surface area contributed by atoms with Gasteiger partial charge in [0.05, 0.1) is 19.8 Å². The van der Waals surface area contributed by atoms with E-state index in [1.165, 1.54) is 7.11 Å². The lowest BCUT2D eigenvalue weighted by molar-refractivity contribution is -0.132. The van der Waals surface area contributed by atoms with Crippen LogP contribution in [0.2, 0.25) is 0 Å². The van der Waals surface area contributed by atoms with Crippen LogP contribution in [0.5, 0.6) is 11.5 Å². The van der Waals surface area contributed by atoms with Crippen molar-refractivity contribution in [1.82, 2.24) is 9.80 Å². The summed E-state index contributed by atoms with van der Waals surface area (Å²) in [5, 5.41) is 0. The third-order valence-electron chi connectivity index (χ3n) is 4.37. The Morgan fingerprint density at radius 3 is 2.27 bits per heavy atom. The van der Waals surface area contributed by atoms with Crippen LogP contribution in [0.3, 0.4) is 0 Å². The van der Waals surface area contributed by atoms with Gasteiger partial charge < -0.3 is 25.0 Å². The summed E-state index contributed by atoms with van der Waals surface area (Å²) in [5.41, 5.74) is 6.20. The molecule has 0 bridgehead atoms. The van der Waals surface area contributed by atoms with E-state index >= 15 is 0 Å². The number of methoxy groups -OCH3 is 2. The normalized spacial score (nSPS) is 15.1. The number of amides is 2. The minimum absolute atomic E-state index is 0. The molecule has 0 aromatic heterocycles. The number of rotatable bonds is 6. The zero-order valence-electron chi connectivity index (χ0n) is 15.6. The molecule has 0 spiro atoms. The molecule has 1 heterocycles. The van der Waals surface area contributed by atoms with E-state index in [0.717, 1.165) is 0 Å². The average molecular weight is 386 g/mol. The van der Waals surface area contributed by atoms with Gasteiger partial charge in [0.1, 0.15) is 11.5 Å². The molecule has 146 valence electrons. The van der Waals surface area contributed by atoms with E-state index in [1.54, 1.807) is 35.1 Å². The van der Waals surface area contributed by atoms with Crippen LogP contribution in [0.4, 0.5) is 0 Å². The van der Waals surface area contributed by atoms with Crippen LogP contribution in [0.1, 0.15) is 30.1 Å². The number of carbonyl (C=O) groups is 2. The van der Waals surface area contributed by atoms with E-state index in [9.17, 15) is 9.59 Å². The molecule has 1 unspecified atom stereocenters. The highest BCUT2D eigenvalue weighted by atomic mass is 35.5. The predicted octanol–water partition coefficient (Wildman–Crippen LogP) is 1.54. The van der Waals surface area contributed by atoms with Crippen LogP contribution in [0.25, 0.3) is 0 Å². The number of nitrogens with two attached hydrogens (primary N) is 1. The number of ether oxygens (including phenoxy) is 2. The lowest BCUT2D eigenvalue weighted by Gasteiger charge is -2.35. The van der Waals surface area contributed by atoms with Crippen molar-refractivity contribution in [2.24, 2.45) is 5.73 Å². The van der Waals surface area contributed by atoms with Crippen LogP contribution < -0.4 is 15.2 Å². The molecule has 1 aliphatic rings. The largest absolute Gasteiger partial charge is 0.497 e. The van der Waals surface area contributed by atoms with Crippen molar-refractivity contribution >= 4 is 24.2 Å². The van der Waals surface area contributed by atoms with Gasteiger partial charge in [-0.25, -0.2) is 0 Å². The molecule has 8 heteroatoms. The van der Waals surface area contributed by atoms with Gasteiger partial charge in [0.2, 0.25) is 5.91 Å². The minimum Gasteiger partial charge on any atom is -0.497 e. The first-order valence-electron chi connectivity index (χ1n) is 8.51. The number of piperazine rings is 1.